The van der Waals surface area contributed by atoms with E-state index in [1.807, 2.05) is 13.1 Å². The van der Waals surface area contributed by atoms with Crippen molar-refractivity contribution in [2.24, 2.45) is 7.05 Å². The van der Waals surface area contributed by atoms with Crippen LogP contribution in [0, 0.1) is 0 Å². The summed E-state index contributed by atoms with van der Waals surface area (Å²) in [6.45, 7) is 1.99. The molecule has 170 valence electrons. The number of nitrogens with zero attached hydrogens (tertiary/aromatic N) is 5. The number of fused-ring (bicyclic) bond motifs is 1. The van der Waals surface area contributed by atoms with Gasteiger partial charge in [-0.05, 0) is 18.4 Å². The highest BCUT2D eigenvalue weighted by Crippen LogP contribution is 2.39. The highest BCUT2D eigenvalue weighted by atomic mass is 32.1. The number of carbonyl (C=O) groups is 1. The molecule has 1 aliphatic heterocycles. The highest BCUT2D eigenvalue weighted by Gasteiger charge is 2.26. The fourth-order valence-electron chi connectivity index (χ4n) is 4.26. The number of thiophene rings is 1. The molecule has 4 heterocycles. The average Bonchev–Trinajstić information content (AvgIpc) is 3.46. The van der Waals surface area contributed by atoms with E-state index in [-0.39, 0.29) is 11.9 Å². The minimum Gasteiger partial charge on any atom is -0.377 e. The molecular weight excluding hydrogens is 436 g/mol. The summed E-state index contributed by atoms with van der Waals surface area (Å²) in [4.78, 5) is 25.5. The molecule has 0 unspecified atom stereocenters. The number of piperidine rings is 1. The largest absolute Gasteiger partial charge is 0.377 e. The SMILES string of the molecule is COCc1nc(N2CCC(NC(=O)c3cnn(C)c3)CC2)c2c(-c3ccccc3)csc2n1. The molecule has 0 spiro atoms. The van der Waals surface area contributed by atoms with Crippen LogP contribution in [0.1, 0.15) is 29.0 Å². The second-order valence-corrected chi connectivity index (χ2v) is 9.09. The first-order chi connectivity index (χ1) is 16.1. The van der Waals surface area contributed by atoms with E-state index >= 15 is 0 Å². The topological polar surface area (TPSA) is 85.2 Å². The first-order valence-electron chi connectivity index (χ1n) is 11.0. The summed E-state index contributed by atoms with van der Waals surface area (Å²) in [5.41, 5.74) is 2.90. The molecule has 1 amide bonds. The van der Waals surface area contributed by atoms with Crippen LogP contribution in [-0.4, -0.2) is 51.9 Å². The van der Waals surface area contributed by atoms with E-state index in [9.17, 15) is 4.79 Å². The number of anilines is 1. The molecule has 1 aliphatic rings. The van der Waals surface area contributed by atoms with Crippen molar-refractivity contribution < 1.29 is 9.53 Å². The van der Waals surface area contributed by atoms with Crippen molar-refractivity contribution in [3.8, 4) is 11.1 Å². The molecule has 9 heteroatoms. The summed E-state index contributed by atoms with van der Waals surface area (Å²) in [5.74, 6) is 1.57. The molecule has 5 rings (SSSR count). The molecular formula is C24H26N6O2S. The minimum atomic E-state index is -0.0717. The van der Waals surface area contributed by atoms with Crippen LogP contribution in [-0.2, 0) is 18.4 Å². The Balaban J connectivity index is 1.40. The lowest BCUT2D eigenvalue weighted by Crippen LogP contribution is -2.45. The molecule has 1 aromatic carbocycles. The van der Waals surface area contributed by atoms with Crippen LogP contribution in [0.5, 0.6) is 0 Å². The monoisotopic (exact) mass is 462 g/mol. The summed E-state index contributed by atoms with van der Waals surface area (Å²) in [6, 6.07) is 10.5. The summed E-state index contributed by atoms with van der Waals surface area (Å²) < 4.78 is 6.96. The van der Waals surface area contributed by atoms with E-state index in [4.69, 9.17) is 14.7 Å². The molecule has 0 saturated carbocycles. The van der Waals surface area contributed by atoms with Gasteiger partial charge in [-0.1, -0.05) is 30.3 Å². The lowest BCUT2D eigenvalue weighted by atomic mass is 10.0. The molecule has 1 N–H and O–H groups in total. The Morgan fingerprint density at radius 1 is 1.21 bits per heavy atom. The smallest absolute Gasteiger partial charge is 0.254 e. The first-order valence-corrected chi connectivity index (χ1v) is 11.9. The Bertz CT molecular complexity index is 1260. The van der Waals surface area contributed by atoms with Crippen LogP contribution >= 0.6 is 11.3 Å². The zero-order valence-electron chi connectivity index (χ0n) is 18.7. The van der Waals surface area contributed by atoms with E-state index in [1.165, 1.54) is 0 Å². The predicted octanol–water partition coefficient (Wildman–Crippen LogP) is 3.64. The Hall–Kier alpha value is -3.30. The summed E-state index contributed by atoms with van der Waals surface area (Å²) >= 11 is 1.64. The maximum absolute atomic E-state index is 12.5. The van der Waals surface area contributed by atoms with E-state index in [2.05, 4.69) is 45.0 Å². The highest BCUT2D eigenvalue weighted by molar-refractivity contribution is 7.17. The summed E-state index contributed by atoms with van der Waals surface area (Å²) in [6.07, 6.45) is 5.03. The molecule has 33 heavy (non-hydrogen) atoms. The normalized spacial score (nSPS) is 14.7. The molecule has 4 aromatic rings. The number of amides is 1. The quantitative estimate of drug-likeness (QED) is 0.471. The molecule has 1 fully saturated rings. The summed E-state index contributed by atoms with van der Waals surface area (Å²) in [5, 5.41) is 10.5. The van der Waals surface area contributed by atoms with Crippen molar-refractivity contribution in [2.75, 3.05) is 25.1 Å². The van der Waals surface area contributed by atoms with Crippen molar-refractivity contribution in [1.29, 1.82) is 0 Å². The van der Waals surface area contributed by atoms with Crippen molar-refractivity contribution in [1.82, 2.24) is 25.1 Å². The number of ether oxygens (including phenoxy) is 1. The first kappa shape index (κ1) is 21.5. The maximum atomic E-state index is 12.5. The Labute approximate surface area is 196 Å². The van der Waals surface area contributed by atoms with Crippen LogP contribution in [0.2, 0.25) is 0 Å². The van der Waals surface area contributed by atoms with Crippen LogP contribution in [0.15, 0.2) is 48.1 Å². The van der Waals surface area contributed by atoms with Crippen molar-refractivity contribution >= 4 is 33.3 Å². The number of carbonyl (C=O) groups excluding carboxylic acids is 1. The van der Waals surface area contributed by atoms with Crippen LogP contribution < -0.4 is 10.2 Å². The third-order valence-corrected chi connectivity index (χ3v) is 6.79. The number of methoxy groups -OCH3 is 1. The lowest BCUT2D eigenvalue weighted by Gasteiger charge is -2.33. The van der Waals surface area contributed by atoms with Crippen molar-refractivity contribution in [2.45, 2.75) is 25.5 Å². The second kappa shape index (κ2) is 9.29. The zero-order valence-corrected chi connectivity index (χ0v) is 19.5. The van der Waals surface area contributed by atoms with E-state index in [0.29, 0.717) is 18.0 Å². The third kappa shape index (κ3) is 4.46. The second-order valence-electron chi connectivity index (χ2n) is 8.23. The zero-order chi connectivity index (χ0) is 22.8. The van der Waals surface area contributed by atoms with Gasteiger partial charge in [0.15, 0.2) is 5.82 Å². The number of benzene rings is 1. The number of aryl methyl sites for hydroxylation is 1. The van der Waals surface area contributed by atoms with E-state index in [0.717, 1.165) is 53.1 Å². The van der Waals surface area contributed by atoms with E-state index < -0.39 is 0 Å². The van der Waals surface area contributed by atoms with Crippen LogP contribution in [0.25, 0.3) is 21.3 Å². The summed E-state index contributed by atoms with van der Waals surface area (Å²) in [7, 11) is 3.47. The molecule has 0 radical (unpaired) electrons. The number of aromatic nitrogens is 4. The van der Waals surface area contributed by atoms with Gasteiger partial charge < -0.3 is 15.0 Å². The molecule has 3 aromatic heterocycles. The fourth-order valence-corrected chi connectivity index (χ4v) is 5.22. The van der Waals surface area contributed by atoms with Crippen molar-refractivity contribution in [3.63, 3.8) is 0 Å². The molecule has 8 nitrogen and oxygen atoms in total. The van der Waals surface area contributed by atoms with Gasteiger partial charge in [0.1, 0.15) is 17.3 Å². The standard InChI is InChI=1S/C24H26N6O2S/c1-29-13-17(12-25-29)23(31)26-18-8-10-30(11-9-18)22-21-19(16-6-4-3-5-7-16)15-33-24(21)28-20(27-22)14-32-2/h3-7,12-13,15,18H,8-11,14H2,1-2H3,(H,26,31). The van der Waals surface area contributed by atoms with Gasteiger partial charge in [-0.3, -0.25) is 9.48 Å². The lowest BCUT2D eigenvalue weighted by molar-refractivity contribution is 0.0931. The number of hydrogen-bond acceptors (Lipinski definition) is 7. The van der Waals surface area contributed by atoms with Gasteiger partial charge in [0.2, 0.25) is 0 Å². The van der Waals surface area contributed by atoms with Gasteiger partial charge in [0.25, 0.3) is 5.91 Å². The molecule has 0 bridgehead atoms. The molecule has 0 atom stereocenters. The number of rotatable bonds is 6. The Kier molecular flexibility index (Phi) is 6.06. The van der Waals surface area contributed by atoms with Gasteiger partial charge >= 0.3 is 0 Å². The van der Waals surface area contributed by atoms with Crippen molar-refractivity contribution in [3.05, 3.63) is 59.5 Å². The van der Waals surface area contributed by atoms with Gasteiger partial charge in [0, 0.05) is 50.4 Å². The molecule has 0 aliphatic carbocycles. The average molecular weight is 463 g/mol. The van der Waals surface area contributed by atoms with Gasteiger partial charge in [-0.25, -0.2) is 9.97 Å². The van der Waals surface area contributed by atoms with Gasteiger partial charge in [-0.2, -0.15) is 5.10 Å². The van der Waals surface area contributed by atoms with Gasteiger partial charge in [0.05, 0.1) is 17.1 Å². The third-order valence-electron chi connectivity index (χ3n) is 5.92. The number of nitrogens with one attached hydrogen (secondary N) is 1. The Morgan fingerprint density at radius 3 is 2.70 bits per heavy atom. The predicted molar refractivity (Wildman–Crippen MR) is 129 cm³/mol. The van der Waals surface area contributed by atoms with Crippen LogP contribution in [0.3, 0.4) is 0 Å². The van der Waals surface area contributed by atoms with E-state index in [1.54, 1.807) is 35.5 Å². The van der Waals surface area contributed by atoms with Gasteiger partial charge in [-0.15, -0.1) is 11.3 Å². The Morgan fingerprint density at radius 2 is 2.00 bits per heavy atom. The minimum absolute atomic E-state index is 0.0717. The maximum Gasteiger partial charge on any atom is 0.254 e. The van der Waals surface area contributed by atoms with Crippen LogP contribution in [0.4, 0.5) is 5.82 Å². The molecule has 1 saturated heterocycles. The fraction of sp³-hybridized carbons (Fsp3) is 0.333. The number of hydrogen-bond donors (Lipinski definition) is 1.